The molecule has 2 aromatic rings. The van der Waals surface area contributed by atoms with Crippen molar-refractivity contribution in [2.24, 2.45) is 7.05 Å². The Bertz CT molecular complexity index is 901. The summed E-state index contributed by atoms with van der Waals surface area (Å²) in [5, 5.41) is 2.97. The zero-order valence-electron chi connectivity index (χ0n) is 11.7. The SMILES string of the molecule is Cn1cc(C2CCC(=O)NC2=O)c2ccc(S(=O)(=O)F)cc21. The van der Waals surface area contributed by atoms with Gasteiger partial charge < -0.3 is 4.57 Å². The van der Waals surface area contributed by atoms with Crippen LogP contribution in [0.3, 0.4) is 0 Å². The zero-order valence-corrected chi connectivity index (χ0v) is 12.5. The van der Waals surface area contributed by atoms with Crippen LogP contribution in [0, 0.1) is 0 Å². The van der Waals surface area contributed by atoms with Crippen LogP contribution in [0.2, 0.25) is 0 Å². The number of imide groups is 1. The second-order valence-electron chi connectivity index (χ2n) is 5.32. The fraction of sp³-hybridized carbons (Fsp3) is 0.286. The van der Waals surface area contributed by atoms with E-state index in [9.17, 15) is 21.9 Å². The molecule has 1 fully saturated rings. The van der Waals surface area contributed by atoms with E-state index in [0.717, 1.165) is 0 Å². The first kappa shape index (κ1) is 14.7. The van der Waals surface area contributed by atoms with Gasteiger partial charge in [0.1, 0.15) is 4.90 Å². The van der Waals surface area contributed by atoms with Crippen LogP contribution < -0.4 is 5.32 Å². The molecule has 0 saturated carbocycles. The Morgan fingerprint density at radius 3 is 2.68 bits per heavy atom. The molecular weight excluding hydrogens is 311 g/mol. The quantitative estimate of drug-likeness (QED) is 0.667. The number of hydrogen-bond acceptors (Lipinski definition) is 4. The standard InChI is InChI=1S/C14H13FN2O4S/c1-17-7-11(10-4-5-13(18)16-14(10)19)9-3-2-8(6-12(9)17)22(15,20)21/h2-3,6-7,10H,4-5H2,1H3,(H,16,18,19). The number of benzene rings is 1. The highest BCUT2D eigenvalue weighted by atomic mass is 32.3. The highest BCUT2D eigenvalue weighted by Crippen LogP contribution is 2.33. The van der Waals surface area contributed by atoms with Gasteiger partial charge in [0.15, 0.2) is 0 Å². The van der Waals surface area contributed by atoms with Crippen LogP contribution in [0.15, 0.2) is 29.3 Å². The molecule has 116 valence electrons. The van der Waals surface area contributed by atoms with Crippen molar-refractivity contribution in [2.75, 3.05) is 0 Å². The lowest BCUT2D eigenvalue weighted by Crippen LogP contribution is -2.39. The third kappa shape index (κ3) is 2.39. The molecule has 0 spiro atoms. The number of nitrogens with zero attached hydrogens (tertiary/aromatic N) is 1. The molecule has 8 heteroatoms. The maximum atomic E-state index is 13.1. The molecule has 0 bridgehead atoms. The lowest BCUT2D eigenvalue weighted by atomic mass is 9.90. The Morgan fingerprint density at radius 1 is 1.32 bits per heavy atom. The Kier molecular flexibility index (Phi) is 3.28. The first-order valence-electron chi connectivity index (χ1n) is 6.64. The van der Waals surface area contributed by atoms with E-state index in [1.54, 1.807) is 17.8 Å². The molecule has 0 radical (unpaired) electrons. The van der Waals surface area contributed by atoms with E-state index in [1.807, 2.05) is 0 Å². The van der Waals surface area contributed by atoms with Gasteiger partial charge in [-0.2, -0.15) is 8.42 Å². The molecule has 0 aliphatic carbocycles. The number of carbonyl (C=O) groups excluding carboxylic acids is 2. The van der Waals surface area contributed by atoms with E-state index >= 15 is 0 Å². The van der Waals surface area contributed by atoms with E-state index in [1.165, 1.54) is 18.2 Å². The summed E-state index contributed by atoms with van der Waals surface area (Å²) >= 11 is 0. The molecule has 22 heavy (non-hydrogen) atoms. The van der Waals surface area contributed by atoms with Gasteiger partial charge in [-0.15, -0.1) is 3.89 Å². The average Bonchev–Trinajstić information content (AvgIpc) is 2.75. The van der Waals surface area contributed by atoms with Crippen molar-refractivity contribution in [3.8, 4) is 0 Å². The number of amides is 2. The maximum absolute atomic E-state index is 13.1. The van der Waals surface area contributed by atoms with E-state index < -0.39 is 21.0 Å². The normalized spacial score (nSPS) is 19.5. The van der Waals surface area contributed by atoms with Crippen LogP contribution in [-0.2, 0) is 26.9 Å². The van der Waals surface area contributed by atoms with Crippen molar-refractivity contribution in [1.82, 2.24) is 9.88 Å². The average molecular weight is 324 g/mol. The molecule has 1 aliphatic heterocycles. The molecule has 3 rings (SSSR count). The molecule has 1 N–H and O–H groups in total. The molecule has 2 heterocycles. The Labute approximate surface area is 126 Å². The number of hydrogen-bond donors (Lipinski definition) is 1. The summed E-state index contributed by atoms with van der Waals surface area (Å²) in [6.45, 7) is 0. The van der Waals surface area contributed by atoms with Crippen molar-refractivity contribution >= 4 is 32.9 Å². The molecule has 1 aromatic heterocycles. The summed E-state index contributed by atoms with van der Waals surface area (Å²) in [6, 6.07) is 3.90. The number of nitrogens with one attached hydrogen (secondary N) is 1. The molecule has 2 amide bonds. The summed E-state index contributed by atoms with van der Waals surface area (Å²) in [5.74, 6) is -1.15. The molecule has 1 aliphatic rings. The van der Waals surface area contributed by atoms with Crippen LogP contribution >= 0.6 is 0 Å². The Morgan fingerprint density at radius 2 is 2.05 bits per heavy atom. The minimum absolute atomic E-state index is 0.254. The summed E-state index contributed by atoms with van der Waals surface area (Å²) in [7, 11) is -3.10. The zero-order chi connectivity index (χ0) is 16.1. The van der Waals surface area contributed by atoms with Crippen LogP contribution in [0.1, 0.15) is 24.3 Å². The van der Waals surface area contributed by atoms with Crippen molar-refractivity contribution < 1.29 is 21.9 Å². The molecule has 6 nitrogen and oxygen atoms in total. The van der Waals surface area contributed by atoms with Gasteiger partial charge in [-0.3, -0.25) is 14.9 Å². The highest BCUT2D eigenvalue weighted by Gasteiger charge is 2.30. The third-order valence-corrected chi connectivity index (χ3v) is 4.71. The monoisotopic (exact) mass is 324 g/mol. The Balaban J connectivity index is 2.13. The van der Waals surface area contributed by atoms with Gasteiger partial charge in [0.05, 0.1) is 5.92 Å². The largest absolute Gasteiger partial charge is 0.350 e. The van der Waals surface area contributed by atoms with E-state index in [4.69, 9.17) is 0 Å². The molecule has 1 unspecified atom stereocenters. The van der Waals surface area contributed by atoms with Gasteiger partial charge >= 0.3 is 10.2 Å². The second kappa shape index (κ2) is 4.91. The van der Waals surface area contributed by atoms with E-state index in [-0.39, 0.29) is 18.2 Å². The lowest BCUT2D eigenvalue weighted by molar-refractivity contribution is -0.134. The van der Waals surface area contributed by atoms with E-state index in [0.29, 0.717) is 22.9 Å². The minimum atomic E-state index is -4.78. The van der Waals surface area contributed by atoms with Gasteiger partial charge in [0, 0.05) is 30.6 Å². The predicted molar refractivity (Wildman–Crippen MR) is 76.3 cm³/mol. The van der Waals surface area contributed by atoms with Crippen LogP contribution in [0.4, 0.5) is 3.89 Å². The molecular formula is C14H13FN2O4S. The number of aromatic nitrogens is 1. The predicted octanol–water partition coefficient (Wildman–Crippen LogP) is 1.36. The topological polar surface area (TPSA) is 85.2 Å². The Hall–Kier alpha value is -2.22. The van der Waals surface area contributed by atoms with Gasteiger partial charge in [0.2, 0.25) is 11.8 Å². The second-order valence-corrected chi connectivity index (χ2v) is 6.66. The van der Waals surface area contributed by atoms with Gasteiger partial charge in [-0.1, -0.05) is 6.07 Å². The smallest absolute Gasteiger partial charge is 0.332 e. The number of aryl methyl sites for hydroxylation is 1. The van der Waals surface area contributed by atoms with Gasteiger partial charge in [-0.05, 0) is 24.1 Å². The van der Waals surface area contributed by atoms with Gasteiger partial charge in [-0.25, -0.2) is 0 Å². The number of halogens is 1. The summed E-state index contributed by atoms with van der Waals surface area (Å²) < 4.78 is 36.8. The van der Waals surface area contributed by atoms with E-state index in [2.05, 4.69) is 5.32 Å². The third-order valence-electron chi connectivity index (χ3n) is 3.89. The van der Waals surface area contributed by atoms with Crippen LogP contribution in [0.5, 0.6) is 0 Å². The minimum Gasteiger partial charge on any atom is -0.350 e. The van der Waals surface area contributed by atoms with Crippen molar-refractivity contribution in [3.05, 3.63) is 30.0 Å². The first-order valence-corrected chi connectivity index (χ1v) is 8.03. The number of piperidine rings is 1. The van der Waals surface area contributed by atoms with Crippen molar-refractivity contribution in [2.45, 2.75) is 23.7 Å². The number of fused-ring (bicyclic) bond motifs is 1. The fourth-order valence-corrected chi connectivity index (χ4v) is 3.30. The van der Waals surface area contributed by atoms with Gasteiger partial charge in [0.25, 0.3) is 0 Å². The van der Waals surface area contributed by atoms with Crippen molar-refractivity contribution in [3.63, 3.8) is 0 Å². The molecule has 1 atom stereocenters. The summed E-state index contributed by atoms with van der Waals surface area (Å²) in [4.78, 5) is 22.8. The highest BCUT2D eigenvalue weighted by molar-refractivity contribution is 7.86. The van der Waals surface area contributed by atoms with Crippen molar-refractivity contribution in [1.29, 1.82) is 0 Å². The summed E-state index contributed by atoms with van der Waals surface area (Å²) in [6.07, 6.45) is 2.36. The number of carbonyl (C=O) groups is 2. The van der Waals surface area contributed by atoms with Crippen LogP contribution in [0.25, 0.3) is 10.9 Å². The van der Waals surface area contributed by atoms with Crippen LogP contribution in [-0.4, -0.2) is 24.8 Å². The first-order chi connectivity index (χ1) is 10.3. The molecule has 1 saturated heterocycles. The molecule has 1 aromatic carbocycles. The lowest BCUT2D eigenvalue weighted by Gasteiger charge is -2.20. The maximum Gasteiger partial charge on any atom is 0.332 e. The fourth-order valence-electron chi connectivity index (χ4n) is 2.81. The summed E-state index contributed by atoms with van der Waals surface area (Å²) in [5.41, 5.74) is 1.21. The number of rotatable bonds is 2.